The van der Waals surface area contributed by atoms with E-state index in [1.54, 1.807) is 18.4 Å². The van der Waals surface area contributed by atoms with Crippen LogP contribution in [0.2, 0.25) is 0 Å². The maximum Gasteiger partial charge on any atom is 0.230 e. The molecule has 0 saturated carbocycles. The molecule has 6 heteroatoms. The van der Waals surface area contributed by atoms with Gasteiger partial charge in [0.05, 0.1) is 25.3 Å². The number of methoxy groups -OCH3 is 1. The summed E-state index contributed by atoms with van der Waals surface area (Å²) in [4.78, 5) is 22.3. The van der Waals surface area contributed by atoms with Crippen molar-refractivity contribution in [3.63, 3.8) is 0 Å². The normalized spacial score (nSPS) is 15.6. The Hall–Kier alpha value is -2.70. The summed E-state index contributed by atoms with van der Waals surface area (Å²) in [5, 5.41) is 3.21. The predicted molar refractivity (Wildman–Crippen MR) is 125 cm³/mol. The molecule has 4 rings (SSSR count). The summed E-state index contributed by atoms with van der Waals surface area (Å²) in [6, 6.07) is 18.1. The van der Waals surface area contributed by atoms with E-state index in [9.17, 15) is 4.79 Å². The van der Waals surface area contributed by atoms with Gasteiger partial charge in [0.25, 0.3) is 0 Å². The van der Waals surface area contributed by atoms with Crippen molar-refractivity contribution in [1.82, 2.24) is 14.8 Å². The van der Waals surface area contributed by atoms with Crippen LogP contribution in [0, 0.1) is 0 Å². The molecule has 1 atom stereocenters. The molecule has 1 saturated heterocycles. The lowest BCUT2D eigenvalue weighted by Gasteiger charge is -2.36. The molecule has 1 unspecified atom stereocenters. The number of hydrogen-bond donors (Lipinski definition) is 0. The van der Waals surface area contributed by atoms with Gasteiger partial charge < -0.3 is 9.64 Å². The molecule has 1 aliphatic heterocycles. The molecule has 1 aromatic heterocycles. The summed E-state index contributed by atoms with van der Waals surface area (Å²) in [6.07, 6.45) is 0.829. The van der Waals surface area contributed by atoms with Gasteiger partial charge in [-0.15, -0.1) is 11.3 Å². The van der Waals surface area contributed by atoms with Crippen LogP contribution in [0.1, 0.15) is 29.8 Å². The molecule has 3 aromatic rings. The van der Waals surface area contributed by atoms with Crippen LogP contribution in [0.15, 0.2) is 60.0 Å². The van der Waals surface area contributed by atoms with Crippen molar-refractivity contribution in [2.24, 2.45) is 0 Å². The number of thiazole rings is 1. The van der Waals surface area contributed by atoms with E-state index in [0.29, 0.717) is 0 Å². The Balaban J connectivity index is 1.33. The Bertz CT molecular complexity index is 997. The van der Waals surface area contributed by atoms with E-state index >= 15 is 0 Å². The largest absolute Gasteiger partial charge is 0.497 e. The number of carbonyl (C=O) groups is 1. The Morgan fingerprint density at radius 2 is 1.87 bits per heavy atom. The quantitative estimate of drug-likeness (QED) is 0.542. The van der Waals surface area contributed by atoms with Gasteiger partial charge >= 0.3 is 0 Å². The minimum Gasteiger partial charge on any atom is -0.497 e. The molecule has 1 fully saturated rings. The summed E-state index contributed by atoms with van der Waals surface area (Å²) in [6.45, 7) is 6.23. The fourth-order valence-electron chi connectivity index (χ4n) is 4.07. The Kier molecular flexibility index (Phi) is 6.99. The van der Waals surface area contributed by atoms with Gasteiger partial charge in [-0.05, 0) is 24.1 Å². The van der Waals surface area contributed by atoms with Crippen LogP contribution in [-0.4, -0.2) is 54.0 Å². The zero-order chi connectivity index (χ0) is 21.6. The summed E-state index contributed by atoms with van der Waals surface area (Å²) >= 11 is 1.69. The third-order valence-corrected chi connectivity index (χ3v) is 6.70. The second-order valence-electron chi connectivity index (χ2n) is 7.83. The predicted octanol–water partition coefficient (Wildman–Crippen LogP) is 4.66. The van der Waals surface area contributed by atoms with Gasteiger partial charge in [0, 0.05) is 37.1 Å². The highest BCUT2D eigenvalue weighted by Gasteiger charge is 2.27. The molecule has 1 aliphatic rings. The van der Waals surface area contributed by atoms with Crippen molar-refractivity contribution in [2.75, 3.05) is 33.3 Å². The van der Waals surface area contributed by atoms with E-state index in [1.807, 2.05) is 41.3 Å². The fourth-order valence-corrected chi connectivity index (χ4v) is 4.92. The molecule has 0 bridgehead atoms. The molecule has 1 amide bonds. The number of nitrogens with zero attached hydrogens (tertiary/aromatic N) is 3. The summed E-state index contributed by atoms with van der Waals surface area (Å²) < 4.78 is 5.32. The number of aromatic nitrogens is 1. The van der Waals surface area contributed by atoms with Crippen LogP contribution in [0.25, 0.3) is 11.3 Å². The number of piperazine rings is 1. The first kappa shape index (κ1) is 21.5. The highest BCUT2D eigenvalue weighted by molar-refractivity contribution is 7.09. The number of benzene rings is 2. The Morgan fingerprint density at radius 3 is 2.58 bits per heavy atom. The summed E-state index contributed by atoms with van der Waals surface area (Å²) in [7, 11) is 1.68. The minimum atomic E-state index is -0.0443. The van der Waals surface area contributed by atoms with Gasteiger partial charge in [-0.25, -0.2) is 4.98 Å². The topological polar surface area (TPSA) is 45.7 Å². The molecule has 2 aromatic carbocycles. The van der Waals surface area contributed by atoms with Gasteiger partial charge in [-0.1, -0.05) is 49.4 Å². The average Bonchev–Trinajstić information content (AvgIpc) is 3.29. The van der Waals surface area contributed by atoms with Gasteiger partial charge in [0.2, 0.25) is 5.91 Å². The highest BCUT2D eigenvalue weighted by atomic mass is 32.1. The van der Waals surface area contributed by atoms with Crippen LogP contribution in [0.5, 0.6) is 5.75 Å². The third-order valence-electron chi connectivity index (χ3n) is 5.87. The SMILES string of the molecule is CCC(C(=O)N1CCN(Cc2nc(-c3cccc(OC)c3)cs2)CC1)c1ccccc1. The maximum absolute atomic E-state index is 13.1. The molecule has 2 heterocycles. The Morgan fingerprint density at radius 1 is 1.10 bits per heavy atom. The standard InChI is InChI=1S/C25H29N3O2S/c1-3-22(19-8-5-4-6-9-19)25(29)28-14-12-27(13-15-28)17-24-26-23(18-31-24)20-10-7-11-21(16-20)30-2/h4-11,16,18,22H,3,12-15,17H2,1-2H3. The molecular weight excluding hydrogens is 406 g/mol. The van der Waals surface area contributed by atoms with E-state index < -0.39 is 0 Å². The average molecular weight is 436 g/mol. The van der Waals surface area contributed by atoms with Crippen molar-refractivity contribution in [1.29, 1.82) is 0 Å². The molecule has 0 radical (unpaired) electrons. The van der Waals surface area contributed by atoms with Crippen molar-refractivity contribution in [3.8, 4) is 17.0 Å². The van der Waals surface area contributed by atoms with Crippen LogP contribution in [0.4, 0.5) is 0 Å². The second kappa shape index (κ2) is 10.1. The molecule has 5 nitrogen and oxygen atoms in total. The first-order valence-electron chi connectivity index (χ1n) is 10.8. The Labute approximate surface area is 188 Å². The van der Waals surface area contributed by atoms with Crippen LogP contribution in [-0.2, 0) is 11.3 Å². The monoisotopic (exact) mass is 435 g/mol. The van der Waals surface area contributed by atoms with Gasteiger partial charge in [0.15, 0.2) is 0 Å². The maximum atomic E-state index is 13.1. The van der Waals surface area contributed by atoms with Crippen molar-refractivity contribution in [2.45, 2.75) is 25.8 Å². The number of ether oxygens (including phenoxy) is 1. The van der Waals surface area contributed by atoms with E-state index in [4.69, 9.17) is 9.72 Å². The summed E-state index contributed by atoms with van der Waals surface area (Å²) in [5.41, 5.74) is 3.18. The van der Waals surface area contributed by atoms with E-state index in [-0.39, 0.29) is 11.8 Å². The first-order valence-corrected chi connectivity index (χ1v) is 11.7. The smallest absolute Gasteiger partial charge is 0.230 e. The summed E-state index contributed by atoms with van der Waals surface area (Å²) in [5.74, 6) is 1.05. The number of hydrogen-bond acceptors (Lipinski definition) is 5. The lowest BCUT2D eigenvalue weighted by molar-refractivity contribution is -0.134. The number of amides is 1. The first-order chi connectivity index (χ1) is 15.2. The zero-order valence-electron chi connectivity index (χ0n) is 18.2. The highest BCUT2D eigenvalue weighted by Crippen LogP contribution is 2.27. The lowest BCUT2D eigenvalue weighted by atomic mass is 9.95. The number of rotatable bonds is 7. The van der Waals surface area contributed by atoms with Crippen molar-refractivity contribution in [3.05, 3.63) is 70.5 Å². The molecule has 0 spiro atoms. The van der Waals surface area contributed by atoms with Crippen LogP contribution < -0.4 is 4.74 Å². The van der Waals surface area contributed by atoms with E-state index in [2.05, 4.69) is 35.4 Å². The second-order valence-corrected chi connectivity index (χ2v) is 8.77. The minimum absolute atomic E-state index is 0.0443. The van der Waals surface area contributed by atoms with Gasteiger partial charge in [-0.2, -0.15) is 0 Å². The van der Waals surface area contributed by atoms with E-state index in [0.717, 1.165) is 66.7 Å². The van der Waals surface area contributed by atoms with Crippen LogP contribution in [0.3, 0.4) is 0 Å². The van der Waals surface area contributed by atoms with Gasteiger partial charge in [0.1, 0.15) is 10.8 Å². The number of carbonyl (C=O) groups excluding carboxylic acids is 1. The molecule has 31 heavy (non-hydrogen) atoms. The molecular formula is C25H29N3O2S. The fraction of sp³-hybridized carbons (Fsp3) is 0.360. The van der Waals surface area contributed by atoms with E-state index in [1.165, 1.54) is 0 Å². The van der Waals surface area contributed by atoms with Gasteiger partial charge in [-0.3, -0.25) is 9.69 Å². The molecule has 162 valence electrons. The lowest BCUT2D eigenvalue weighted by Crippen LogP contribution is -2.49. The van der Waals surface area contributed by atoms with Crippen molar-refractivity contribution >= 4 is 17.2 Å². The molecule has 0 N–H and O–H groups in total. The van der Waals surface area contributed by atoms with Crippen LogP contribution >= 0.6 is 11.3 Å². The van der Waals surface area contributed by atoms with Crippen molar-refractivity contribution < 1.29 is 9.53 Å². The zero-order valence-corrected chi connectivity index (χ0v) is 19.0. The third kappa shape index (κ3) is 5.14. The molecule has 0 aliphatic carbocycles.